The molecular formula is C23H36N4O5S. The van der Waals surface area contributed by atoms with Crippen LogP contribution in [0.2, 0.25) is 0 Å². The first-order valence-electron chi connectivity index (χ1n) is 11.0. The zero-order valence-corrected chi connectivity index (χ0v) is 20.5. The van der Waals surface area contributed by atoms with Crippen molar-refractivity contribution in [2.45, 2.75) is 64.7 Å². The number of amides is 3. The number of carbonyl (C=O) groups is 4. The second-order valence-corrected chi connectivity index (χ2v) is 9.16. The summed E-state index contributed by atoms with van der Waals surface area (Å²) in [5, 5.41) is 17.1. The van der Waals surface area contributed by atoms with Crippen molar-refractivity contribution in [3.05, 3.63) is 35.9 Å². The first kappa shape index (κ1) is 28.4. The standard InChI is InChI=1S/C23H36N4O5S/c1-13(2)10-17(23(31)32)25-22(30)19(14(3)4)27-21(29)18(12-33)26-20(28)16(24)11-15-8-6-5-7-9-15/h5-9,13-14,16-19,33H,10-12,24H2,1-4H3,(H,25,30)(H,26,28)(H,27,29)(H,31,32). The number of carboxylic acids is 1. The van der Waals surface area contributed by atoms with Gasteiger partial charge >= 0.3 is 5.97 Å². The van der Waals surface area contributed by atoms with E-state index in [2.05, 4.69) is 28.6 Å². The van der Waals surface area contributed by atoms with Crippen LogP contribution in [0, 0.1) is 11.8 Å². The smallest absolute Gasteiger partial charge is 0.326 e. The van der Waals surface area contributed by atoms with Crippen molar-refractivity contribution < 1.29 is 24.3 Å². The molecule has 4 unspecified atom stereocenters. The molecule has 1 rings (SSSR count). The van der Waals surface area contributed by atoms with Gasteiger partial charge in [0.2, 0.25) is 17.7 Å². The van der Waals surface area contributed by atoms with Crippen molar-refractivity contribution in [1.82, 2.24) is 16.0 Å². The van der Waals surface area contributed by atoms with E-state index in [1.807, 2.05) is 44.2 Å². The number of carboxylic acid groups (broad SMARTS) is 1. The van der Waals surface area contributed by atoms with Crippen LogP contribution in [0.5, 0.6) is 0 Å². The van der Waals surface area contributed by atoms with Gasteiger partial charge in [0.15, 0.2) is 0 Å². The molecule has 33 heavy (non-hydrogen) atoms. The van der Waals surface area contributed by atoms with Crippen LogP contribution in [0.3, 0.4) is 0 Å². The molecule has 184 valence electrons. The van der Waals surface area contributed by atoms with E-state index in [4.69, 9.17) is 5.73 Å². The fourth-order valence-corrected chi connectivity index (χ4v) is 3.43. The van der Waals surface area contributed by atoms with Crippen molar-refractivity contribution >= 4 is 36.3 Å². The maximum Gasteiger partial charge on any atom is 0.326 e. The van der Waals surface area contributed by atoms with Crippen molar-refractivity contribution in [2.24, 2.45) is 17.6 Å². The largest absolute Gasteiger partial charge is 0.480 e. The fourth-order valence-electron chi connectivity index (χ4n) is 3.18. The maximum atomic E-state index is 12.8. The highest BCUT2D eigenvalue weighted by molar-refractivity contribution is 7.80. The van der Waals surface area contributed by atoms with E-state index in [0.29, 0.717) is 6.42 Å². The van der Waals surface area contributed by atoms with Crippen LogP contribution < -0.4 is 21.7 Å². The third kappa shape index (κ3) is 9.83. The molecule has 6 N–H and O–H groups in total. The van der Waals surface area contributed by atoms with Crippen LogP contribution >= 0.6 is 12.6 Å². The van der Waals surface area contributed by atoms with Crippen molar-refractivity contribution in [3.8, 4) is 0 Å². The lowest BCUT2D eigenvalue weighted by atomic mass is 10.00. The highest BCUT2D eigenvalue weighted by Gasteiger charge is 2.31. The number of hydrogen-bond donors (Lipinski definition) is 6. The summed E-state index contributed by atoms with van der Waals surface area (Å²) in [5.74, 6) is -3.12. The Kier molecular flexibility index (Phi) is 11.9. The zero-order valence-electron chi connectivity index (χ0n) is 19.6. The molecule has 0 radical (unpaired) electrons. The summed E-state index contributed by atoms with van der Waals surface area (Å²) in [4.78, 5) is 49.5. The average Bonchev–Trinajstić information content (AvgIpc) is 2.74. The minimum atomic E-state index is -1.14. The Labute approximate surface area is 200 Å². The molecule has 0 aliphatic rings. The Balaban J connectivity index is 2.79. The number of benzene rings is 1. The monoisotopic (exact) mass is 480 g/mol. The normalized spacial score (nSPS) is 14.8. The molecule has 0 fully saturated rings. The molecule has 4 atom stereocenters. The highest BCUT2D eigenvalue weighted by atomic mass is 32.1. The molecule has 0 spiro atoms. The molecule has 0 bridgehead atoms. The third-order valence-electron chi connectivity index (χ3n) is 5.02. The molecule has 1 aromatic rings. The number of aliphatic carboxylic acids is 1. The van der Waals surface area contributed by atoms with Crippen LogP contribution in [0.25, 0.3) is 0 Å². The van der Waals surface area contributed by atoms with Crippen LogP contribution in [-0.2, 0) is 25.6 Å². The molecular weight excluding hydrogens is 444 g/mol. The maximum absolute atomic E-state index is 12.8. The Morgan fingerprint density at radius 3 is 1.97 bits per heavy atom. The van der Waals surface area contributed by atoms with E-state index in [1.165, 1.54) is 0 Å². The van der Waals surface area contributed by atoms with Gasteiger partial charge in [-0.25, -0.2) is 4.79 Å². The van der Waals surface area contributed by atoms with Gasteiger partial charge in [-0.2, -0.15) is 12.6 Å². The summed E-state index contributed by atoms with van der Waals surface area (Å²) in [7, 11) is 0. The molecule has 10 heteroatoms. The summed E-state index contributed by atoms with van der Waals surface area (Å²) in [5.41, 5.74) is 6.87. The molecule has 0 saturated heterocycles. The average molecular weight is 481 g/mol. The number of nitrogens with one attached hydrogen (secondary N) is 3. The second-order valence-electron chi connectivity index (χ2n) is 8.80. The Morgan fingerprint density at radius 2 is 1.48 bits per heavy atom. The van der Waals surface area contributed by atoms with Gasteiger partial charge in [-0.15, -0.1) is 0 Å². The minimum Gasteiger partial charge on any atom is -0.480 e. The molecule has 0 heterocycles. The van der Waals surface area contributed by atoms with Gasteiger partial charge in [0, 0.05) is 5.75 Å². The minimum absolute atomic E-state index is 0.00678. The van der Waals surface area contributed by atoms with E-state index in [1.54, 1.807) is 13.8 Å². The molecule has 9 nitrogen and oxygen atoms in total. The van der Waals surface area contributed by atoms with Crippen molar-refractivity contribution in [2.75, 3.05) is 5.75 Å². The predicted molar refractivity (Wildman–Crippen MR) is 130 cm³/mol. The van der Waals surface area contributed by atoms with Crippen molar-refractivity contribution in [1.29, 1.82) is 0 Å². The Bertz CT molecular complexity index is 803. The number of hydrogen-bond acceptors (Lipinski definition) is 6. The lowest BCUT2D eigenvalue weighted by molar-refractivity contribution is -0.143. The van der Waals surface area contributed by atoms with Gasteiger partial charge in [-0.3, -0.25) is 14.4 Å². The second kappa shape index (κ2) is 13.8. The summed E-state index contributed by atoms with van der Waals surface area (Å²) in [6, 6.07) is 5.34. The first-order chi connectivity index (χ1) is 15.5. The number of carbonyl (C=O) groups excluding carboxylic acids is 3. The Morgan fingerprint density at radius 1 is 0.909 bits per heavy atom. The van der Waals surface area contributed by atoms with Gasteiger partial charge in [-0.05, 0) is 30.2 Å². The Hall–Kier alpha value is -2.59. The van der Waals surface area contributed by atoms with E-state index in [9.17, 15) is 24.3 Å². The number of thiol groups is 1. The van der Waals surface area contributed by atoms with Gasteiger partial charge in [-0.1, -0.05) is 58.0 Å². The van der Waals surface area contributed by atoms with Gasteiger partial charge in [0.1, 0.15) is 18.1 Å². The quantitative estimate of drug-likeness (QED) is 0.229. The number of rotatable bonds is 13. The highest BCUT2D eigenvalue weighted by Crippen LogP contribution is 2.09. The fraction of sp³-hybridized carbons (Fsp3) is 0.565. The molecule has 0 aliphatic carbocycles. The summed E-state index contributed by atoms with van der Waals surface area (Å²) < 4.78 is 0. The van der Waals surface area contributed by atoms with Crippen LogP contribution in [-0.4, -0.2) is 58.7 Å². The summed E-state index contributed by atoms with van der Waals surface area (Å²) in [6.07, 6.45) is 0.561. The van der Waals surface area contributed by atoms with Crippen molar-refractivity contribution in [3.63, 3.8) is 0 Å². The number of nitrogens with two attached hydrogens (primary N) is 1. The van der Waals surface area contributed by atoms with E-state index < -0.39 is 47.9 Å². The van der Waals surface area contributed by atoms with E-state index in [-0.39, 0.29) is 24.0 Å². The van der Waals surface area contributed by atoms with Gasteiger partial charge in [0.05, 0.1) is 6.04 Å². The molecule has 3 amide bonds. The topological polar surface area (TPSA) is 151 Å². The molecule has 1 aromatic carbocycles. The SMILES string of the molecule is CC(C)CC(NC(=O)C(NC(=O)C(CS)NC(=O)C(N)Cc1ccccc1)C(C)C)C(=O)O. The van der Waals surface area contributed by atoms with Gasteiger partial charge in [0.25, 0.3) is 0 Å². The molecule has 0 saturated carbocycles. The zero-order chi connectivity index (χ0) is 25.1. The molecule has 0 aliphatic heterocycles. The summed E-state index contributed by atoms with van der Waals surface area (Å²) in [6.45, 7) is 7.16. The van der Waals surface area contributed by atoms with Gasteiger partial charge < -0.3 is 26.8 Å². The van der Waals surface area contributed by atoms with Crippen LogP contribution in [0.4, 0.5) is 0 Å². The lowest BCUT2D eigenvalue weighted by Gasteiger charge is -2.27. The third-order valence-corrected chi connectivity index (χ3v) is 5.38. The predicted octanol–water partition coefficient (Wildman–Crippen LogP) is 0.727. The molecule has 0 aromatic heterocycles. The van der Waals surface area contributed by atoms with Crippen LogP contribution in [0.1, 0.15) is 39.7 Å². The van der Waals surface area contributed by atoms with E-state index in [0.717, 1.165) is 5.56 Å². The summed E-state index contributed by atoms with van der Waals surface area (Å²) >= 11 is 4.15. The lowest BCUT2D eigenvalue weighted by Crippen LogP contribution is -2.59. The van der Waals surface area contributed by atoms with E-state index >= 15 is 0 Å². The van der Waals surface area contributed by atoms with Crippen LogP contribution in [0.15, 0.2) is 30.3 Å². The first-order valence-corrected chi connectivity index (χ1v) is 11.6.